The van der Waals surface area contributed by atoms with Gasteiger partial charge in [-0.1, -0.05) is 41.5 Å². The van der Waals surface area contributed by atoms with Crippen molar-refractivity contribution in [1.29, 1.82) is 0 Å². The first-order chi connectivity index (χ1) is 5.64. The monoisotopic (exact) mass is 184 g/mol. The van der Waals surface area contributed by atoms with Crippen LogP contribution in [0.2, 0.25) is 0 Å². The molecule has 1 saturated heterocycles. The number of ether oxygens (including phenoxy) is 1. The standard InChI is InChI=1S/C11H20O2/c1-10(2,3)8(12)7-9(13-7)11(4,5)6/h7,9H,1-6H3/t7-,9+/m0/s1. The fourth-order valence-electron chi connectivity index (χ4n) is 1.40. The van der Waals surface area contributed by atoms with Gasteiger partial charge in [0.15, 0.2) is 5.78 Å². The Hall–Kier alpha value is -0.370. The van der Waals surface area contributed by atoms with Gasteiger partial charge in [-0.25, -0.2) is 0 Å². The van der Waals surface area contributed by atoms with Gasteiger partial charge in [-0.15, -0.1) is 0 Å². The highest BCUT2D eigenvalue weighted by Gasteiger charge is 2.53. The third kappa shape index (κ3) is 2.31. The molecule has 2 atom stereocenters. The third-order valence-corrected chi connectivity index (χ3v) is 2.34. The maximum absolute atomic E-state index is 11.8. The van der Waals surface area contributed by atoms with Crippen molar-refractivity contribution in [3.8, 4) is 0 Å². The summed E-state index contributed by atoms with van der Waals surface area (Å²) >= 11 is 0. The van der Waals surface area contributed by atoms with Gasteiger partial charge in [-0.2, -0.15) is 0 Å². The molecule has 2 nitrogen and oxygen atoms in total. The number of hydrogen-bond donors (Lipinski definition) is 0. The molecular formula is C11H20O2. The van der Waals surface area contributed by atoms with Crippen LogP contribution < -0.4 is 0 Å². The van der Waals surface area contributed by atoms with Crippen LogP contribution in [-0.4, -0.2) is 18.0 Å². The molecule has 0 aliphatic carbocycles. The minimum Gasteiger partial charge on any atom is -0.361 e. The molecular weight excluding hydrogens is 164 g/mol. The fourth-order valence-corrected chi connectivity index (χ4v) is 1.40. The van der Waals surface area contributed by atoms with Crippen molar-refractivity contribution in [2.45, 2.75) is 53.8 Å². The van der Waals surface area contributed by atoms with E-state index in [2.05, 4.69) is 20.8 Å². The number of ketones is 1. The summed E-state index contributed by atoms with van der Waals surface area (Å²) in [6.07, 6.45) is -0.0285. The Morgan fingerprint density at radius 3 is 1.77 bits per heavy atom. The van der Waals surface area contributed by atoms with Crippen LogP contribution in [0.4, 0.5) is 0 Å². The number of carbonyl (C=O) groups excluding carboxylic acids is 1. The van der Waals surface area contributed by atoms with Gasteiger partial charge in [-0.3, -0.25) is 4.79 Å². The Balaban J connectivity index is 2.58. The van der Waals surface area contributed by atoms with E-state index in [1.165, 1.54) is 0 Å². The second kappa shape index (κ2) is 2.81. The summed E-state index contributed by atoms with van der Waals surface area (Å²) in [4.78, 5) is 11.8. The molecule has 13 heavy (non-hydrogen) atoms. The largest absolute Gasteiger partial charge is 0.361 e. The van der Waals surface area contributed by atoms with E-state index in [9.17, 15) is 4.79 Å². The average Bonchev–Trinajstić information content (AvgIpc) is 2.58. The predicted molar refractivity (Wildman–Crippen MR) is 52.6 cm³/mol. The van der Waals surface area contributed by atoms with Gasteiger partial charge in [0.05, 0.1) is 6.10 Å². The van der Waals surface area contributed by atoms with Crippen molar-refractivity contribution < 1.29 is 9.53 Å². The van der Waals surface area contributed by atoms with Crippen LogP contribution in [0, 0.1) is 10.8 Å². The molecule has 1 aliphatic rings. The van der Waals surface area contributed by atoms with Gasteiger partial charge < -0.3 is 4.74 Å². The van der Waals surface area contributed by atoms with Crippen LogP contribution in [-0.2, 0) is 9.53 Å². The lowest BCUT2D eigenvalue weighted by Gasteiger charge is -2.17. The molecule has 0 aromatic carbocycles. The van der Waals surface area contributed by atoms with Gasteiger partial charge in [0.1, 0.15) is 6.10 Å². The molecule has 0 saturated carbocycles. The minimum absolute atomic E-state index is 0.0889. The quantitative estimate of drug-likeness (QED) is 0.586. The molecule has 0 amide bonds. The van der Waals surface area contributed by atoms with Gasteiger partial charge in [0, 0.05) is 5.41 Å². The van der Waals surface area contributed by atoms with E-state index in [4.69, 9.17) is 4.74 Å². The smallest absolute Gasteiger partial charge is 0.169 e. The number of carbonyl (C=O) groups is 1. The van der Waals surface area contributed by atoms with E-state index in [-0.39, 0.29) is 28.8 Å². The number of hydrogen-bond acceptors (Lipinski definition) is 2. The molecule has 0 bridgehead atoms. The van der Waals surface area contributed by atoms with Crippen molar-refractivity contribution in [2.24, 2.45) is 10.8 Å². The first-order valence-corrected chi connectivity index (χ1v) is 4.84. The number of Topliss-reactive ketones (excluding diaryl/α,β-unsaturated/α-hetero) is 1. The lowest BCUT2D eigenvalue weighted by molar-refractivity contribution is -0.127. The molecule has 0 aromatic rings. The molecule has 76 valence electrons. The SMILES string of the molecule is CC(C)(C)C(=O)[C@@H]1O[C@H]1C(C)(C)C. The Kier molecular flexibility index (Phi) is 2.31. The summed E-state index contributed by atoms with van der Waals surface area (Å²) < 4.78 is 5.42. The summed E-state index contributed by atoms with van der Waals surface area (Å²) in [6.45, 7) is 12.1. The number of rotatable bonds is 1. The van der Waals surface area contributed by atoms with Crippen molar-refractivity contribution in [2.75, 3.05) is 0 Å². The van der Waals surface area contributed by atoms with E-state index < -0.39 is 0 Å². The summed E-state index contributed by atoms with van der Waals surface area (Å²) in [7, 11) is 0. The summed E-state index contributed by atoms with van der Waals surface area (Å²) in [5.74, 6) is 0.229. The summed E-state index contributed by atoms with van der Waals surface area (Å²) in [5, 5.41) is 0. The third-order valence-electron chi connectivity index (χ3n) is 2.34. The topological polar surface area (TPSA) is 29.6 Å². The summed E-state index contributed by atoms with van der Waals surface area (Å²) in [5.41, 5.74) is -0.184. The highest BCUT2D eigenvalue weighted by Crippen LogP contribution is 2.41. The maximum atomic E-state index is 11.8. The van der Waals surface area contributed by atoms with Gasteiger partial charge in [0.25, 0.3) is 0 Å². The summed E-state index contributed by atoms with van der Waals surface area (Å²) in [6, 6.07) is 0. The van der Waals surface area contributed by atoms with Crippen LogP contribution in [0.1, 0.15) is 41.5 Å². The Bertz CT molecular complexity index is 217. The maximum Gasteiger partial charge on any atom is 0.169 e. The second-order valence-electron chi connectivity index (χ2n) is 5.96. The van der Waals surface area contributed by atoms with E-state index in [1.54, 1.807) is 0 Å². The van der Waals surface area contributed by atoms with Crippen molar-refractivity contribution in [3.63, 3.8) is 0 Å². The number of epoxide rings is 1. The van der Waals surface area contributed by atoms with Gasteiger partial charge in [0.2, 0.25) is 0 Å². The molecule has 1 heterocycles. The lowest BCUT2D eigenvalue weighted by Crippen LogP contribution is -2.29. The van der Waals surface area contributed by atoms with Crippen molar-refractivity contribution in [3.05, 3.63) is 0 Å². The molecule has 0 unspecified atom stereocenters. The normalized spacial score (nSPS) is 28.8. The molecule has 2 heteroatoms. The molecule has 0 radical (unpaired) electrons. The van der Waals surface area contributed by atoms with Gasteiger partial charge in [-0.05, 0) is 5.41 Å². The first kappa shape index (κ1) is 10.7. The Labute approximate surface area is 80.7 Å². The van der Waals surface area contributed by atoms with E-state index in [1.807, 2.05) is 20.8 Å². The zero-order valence-electron chi connectivity index (χ0n) is 9.47. The van der Waals surface area contributed by atoms with Crippen LogP contribution in [0.3, 0.4) is 0 Å². The van der Waals surface area contributed by atoms with E-state index in [0.717, 1.165) is 0 Å². The van der Waals surface area contributed by atoms with Crippen LogP contribution in [0.5, 0.6) is 0 Å². The molecule has 0 spiro atoms. The van der Waals surface area contributed by atoms with Crippen molar-refractivity contribution >= 4 is 5.78 Å². The fraction of sp³-hybridized carbons (Fsp3) is 0.909. The minimum atomic E-state index is -0.273. The van der Waals surface area contributed by atoms with Crippen molar-refractivity contribution in [1.82, 2.24) is 0 Å². The van der Waals surface area contributed by atoms with Gasteiger partial charge >= 0.3 is 0 Å². The molecule has 1 rings (SSSR count). The molecule has 0 N–H and O–H groups in total. The lowest BCUT2D eigenvalue weighted by atomic mass is 9.83. The Morgan fingerprint density at radius 1 is 1.08 bits per heavy atom. The van der Waals surface area contributed by atoms with Crippen LogP contribution in [0.25, 0.3) is 0 Å². The molecule has 1 aliphatic heterocycles. The van der Waals surface area contributed by atoms with E-state index >= 15 is 0 Å². The van der Waals surface area contributed by atoms with Crippen LogP contribution in [0.15, 0.2) is 0 Å². The Morgan fingerprint density at radius 2 is 1.54 bits per heavy atom. The van der Waals surface area contributed by atoms with Crippen LogP contribution >= 0.6 is 0 Å². The second-order valence-corrected chi connectivity index (χ2v) is 5.96. The molecule has 0 aromatic heterocycles. The highest BCUT2D eigenvalue weighted by atomic mass is 16.6. The first-order valence-electron chi connectivity index (χ1n) is 4.84. The predicted octanol–water partition coefficient (Wildman–Crippen LogP) is 2.42. The zero-order chi connectivity index (χ0) is 10.4. The molecule has 1 fully saturated rings. The highest BCUT2D eigenvalue weighted by molar-refractivity contribution is 5.90. The average molecular weight is 184 g/mol. The zero-order valence-corrected chi connectivity index (χ0v) is 9.47. The van der Waals surface area contributed by atoms with E-state index in [0.29, 0.717) is 0 Å².